The van der Waals surface area contributed by atoms with Crippen molar-refractivity contribution < 1.29 is 28.6 Å². The number of fused-ring (bicyclic) bond motifs is 5. The molecule has 4 aliphatic rings. The van der Waals surface area contributed by atoms with Crippen LogP contribution in [0, 0.1) is 28.6 Å². The zero-order valence-electron chi connectivity index (χ0n) is 19.1. The van der Waals surface area contributed by atoms with Crippen molar-refractivity contribution in [3.63, 3.8) is 0 Å². The van der Waals surface area contributed by atoms with E-state index in [1.165, 1.54) is 12.2 Å². The number of Topliss-reactive ketones (excluding diaryl/α,β-unsaturated/α-hetero) is 1. The van der Waals surface area contributed by atoms with Gasteiger partial charge in [0.1, 0.15) is 0 Å². The molecular weight excluding hydrogens is 435 g/mol. The van der Waals surface area contributed by atoms with Crippen LogP contribution in [0.15, 0.2) is 23.8 Å². The number of ether oxygens (including phenoxy) is 1. The van der Waals surface area contributed by atoms with Crippen LogP contribution in [-0.4, -0.2) is 45.9 Å². The predicted molar refractivity (Wildman–Crippen MR) is 118 cm³/mol. The molecule has 3 saturated carbocycles. The van der Waals surface area contributed by atoms with Gasteiger partial charge in [-0.05, 0) is 50.7 Å². The number of carbonyl (C=O) groups is 3. The van der Waals surface area contributed by atoms with E-state index in [-0.39, 0.29) is 42.1 Å². The molecule has 0 bridgehead atoms. The first-order valence-electron chi connectivity index (χ1n) is 11.5. The van der Waals surface area contributed by atoms with Gasteiger partial charge in [-0.25, -0.2) is 4.39 Å². The molecule has 0 aromatic rings. The number of aliphatic hydroxyl groups is 1. The molecule has 7 heteroatoms. The van der Waals surface area contributed by atoms with Crippen LogP contribution in [0.2, 0.25) is 0 Å². The van der Waals surface area contributed by atoms with Crippen molar-refractivity contribution in [2.45, 2.75) is 77.2 Å². The van der Waals surface area contributed by atoms with Crippen molar-refractivity contribution in [1.82, 2.24) is 0 Å². The summed E-state index contributed by atoms with van der Waals surface area (Å²) in [6.07, 6.45) is 4.67. The number of halogens is 2. The molecule has 1 N–H and O–H groups in total. The first-order valence-corrected chi connectivity index (χ1v) is 12.1. The molecule has 3 fully saturated rings. The third-order valence-corrected chi connectivity index (χ3v) is 9.52. The topological polar surface area (TPSA) is 80.7 Å². The summed E-state index contributed by atoms with van der Waals surface area (Å²) in [7, 11) is 0. The minimum atomic E-state index is -1.99. The van der Waals surface area contributed by atoms with E-state index in [9.17, 15) is 19.5 Å². The SMILES string of the molecule is CCC(=O)O[C@]1(C(=O)CCl)[C@@H](C)C[C@H]2[C@@H]3CCC4=CC(=O)C=C[C@]4(C)C3(F)[C@@H](O)C[C@@]21C. The molecule has 0 aliphatic heterocycles. The van der Waals surface area contributed by atoms with Gasteiger partial charge in [-0.2, -0.15) is 0 Å². The maximum atomic E-state index is 17.2. The van der Waals surface area contributed by atoms with E-state index in [0.717, 1.165) is 0 Å². The van der Waals surface area contributed by atoms with Crippen LogP contribution >= 0.6 is 11.6 Å². The van der Waals surface area contributed by atoms with Crippen LogP contribution in [0.1, 0.15) is 59.8 Å². The van der Waals surface area contributed by atoms with Crippen LogP contribution in [0.25, 0.3) is 0 Å². The van der Waals surface area contributed by atoms with Gasteiger partial charge in [0, 0.05) is 29.1 Å². The van der Waals surface area contributed by atoms with Crippen molar-refractivity contribution in [1.29, 1.82) is 0 Å². The molecule has 4 rings (SSSR count). The molecule has 5 nitrogen and oxygen atoms in total. The number of hydrogen-bond donors (Lipinski definition) is 1. The van der Waals surface area contributed by atoms with Gasteiger partial charge in [-0.3, -0.25) is 14.4 Å². The fourth-order valence-electron chi connectivity index (χ4n) is 7.75. The predicted octanol–water partition coefficient (Wildman–Crippen LogP) is 4.10. The first kappa shape index (κ1) is 23.6. The van der Waals surface area contributed by atoms with Crippen LogP contribution in [0.5, 0.6) is 0 Å². The lowest BCUT2D eigenvalue weighted by atomic mass is 9.44. The van der Waals surface area contributed by atoms with E-state index in [0.29, 0.717) is 24.8 Å². The number of hydrogen-bond acceptors (Lipinski definition) is 5. The van der Waals surface area contributed by atoms with Gasteiger partial charge >= 0.3 is 5.97 Å². The Labute approximate surface area is 193 Å². The van der Waals surface area contributed by atoms with Crippen LogP contribution in [0.4, 0.5) is 4.39 Å². The second kappa shape index (κ2) is 7.49. The quantitative estimate of drug-likeness (QED) is 0.498. The molecule has 4 aliphatic carbocycles. The Bertz CT molecular complexity index is 929. The lowest BCUT2D eigenvalue weighted by Gasteiger charge is -2.62. The van der Waals surface area contributed by atoms with Gasteiger partial charge in [-0.15, -0.1) is 11.6 Å². The minimum Gasteiger partial charge on any atom is -0.450 e. The number of alkyl halides is 2. The number of rotatable bonds is 4. The number of allylic oxidation sites excluding steroid dienone is 4. The van der Waals surface area contributed by atoms with E-state index in [1.54, 1.807) is 19.9 Å². The highest BCUT2D eigenvalue weighted by Crippen LogP contribution is 2.71. The van der Waals surface area contributed by atoms with E-state index in [1.807, 2.05) is 13.8 Å². The summed E-state index contributed by atoms with van der Waals surface area (Å²) < 4.78 is 23.1. The van der Waals surface area contributed by atoms with Gasteiger partial charge < -0.3 is 9.84 Å². The van der Waals surface area contributed by atoms with Crippen LogP contribution in [0.3, 0.4) is 0 Å². The third kappa shape index (κ3) is 2.68. The second-order valence-electron chi connectivity index (χ2n) is 10.5. The number of carbonyl (C=O) groups excluding carboxylic acids is 3. The smallest absolute Gasteiger partial charge is 0.306 e. The Morgan fingerprint density at radius 3 is 2.62 bits per heavy atom. The highest BCUT2D eigenvalue weighted by molar-refractivity contribution is 6.29. The molecule has 0 radical (unpaired) electrons. The summed E-state index contributed by atoms with van der Waals surface area (Å²) in [6, 6.07) is 0. The number of ketones is 2. The van der Waals surface area contributed by atoms with Gasteiger partial charge in [0.2, 0.25) is 0 Å². The monoisotopic (exact) mass is 466 g/mol. The molecule has 0 heterocycles. The summed E-state index contributed by atoms with van der Waals surface area (Å²) in [5, 5.41) is 11.4. The third-order valence-electron chi connectivity index (χ3n) is 9.28. The highest BCUT2D eigenvalue weighted by atomic mass is 35.5. The zero-order chi connectivity index (χ0) is 23.7. The van der Waals surface area contributed by atoms with Gasteiger partial charge in [0.05, 0.1) is 12.0 Å². The summed E-state index contributed by atoms with van der Waals surface area (Å²) in [6.45, 7) is 7.13. The minimum absolute atomic E-state index is 0.0285. The Morgan fingerprint density at radius 2 is 2.00 bits per heavy atom. The maximum absolute atomic E-state index is 17.2. The molecule has 32 heavy (non-hydrogen) atoms. The lowest BCUT2D eigenvalue weighted by Crippen LogP contribution is -2.70. The molecule has 1 unspecified atom stereocenters. The highest BCUT2D eigenvalue weighted by Gasteiger charge is 2.77. The van der Waals surface area contributed by atoms with Crippen molar-refractivity contribution in [3.05, 3.63) is 23.8 Å². The summed E-state index contributed by atoms with van der Waals surface area (Å²) in [4.78, 5) is 37.7. The molecule has 8 atom stereocenters. The number of esters is 1. The van der Waals surface area contributed by atoms with Crippen molar-refractivity contribution in [3.8, 4) is 0 Å². The van der Waals surface area contributed by atoms with E-state index < -0.39 is 40.1 Å². The Hall–Kier alpha value is -1.53. The molecule has 0 spiro atoms. The van der Waals surface area contributed by atoms with Crippen molar-refractivity contribution >= 4 is 29.1 Å². The molecular formula is C25H32ClFO5. The summed E-state index contributed by atoms with van der Waals surface area (Å²) >= 11 is 6.01. The van der Waals surface area contributed by atoms with Gasteiger partial charge in [-0.1, -0.05) is 32.4 Å². The van der Waals surface area contributed by atoms with Crippen LogP contribution in [-0.2, 0) is 19.1 Å². The van der Waals surface area contributed by atoms with Crippen molar-refractivity contribution in [2.24, 2.45) is 28.6 Å². The maximum Gasteiger partial charge on any atom is 0.306 e. The Kier molecular flexibility index (Phi) is 5.53. The molecule has 0 aromatic heterocycles. The normalized spacial score (nSPS) is 47.2. The van der Waals surface area contributed by atoms with E-state index in [4.69, 9.17) is 16.3 Å². The van der Waals surface area contributed by atoms with Crippen LogP contribution < -0.4 is 0 Å². The molecule has 176 valence electrons. The lowest BCUT2D eigenvalue weighted by molar-refractivity contribution is -0.227. The molecule has 0 aromatic carbocycles. The standard InChI is InChI=1S/C25H32ClFO5/c1-5-21(31)32-25(20(30)13-26)14(2)10-18-17-7-6-15-11-16(28)8-9-22(15,3)24(17,27)19(29)12-23(18,25)4/h8-9,11,14,17-19,29H,5-7,10,12-13H2,1-4H3/t14-,17-,18-,19-,22-,23-,24?,25-/m0/s1. The number of aliphatic hydroxyl groups excluding tert-OH is 1. The van der Waals surface area contributed by atoms with E-state index in [2.05, 4.69) is 0 Å². The van der Waals surface area contributed by atoms with Crippen molar-refractivity contribution in [2.75, 3.05) is 5.88 Å². The zero-order valence-corrected chi connectivity index (χ0v) is 19.9. The van der Waals surface area contributed by atoms with Gasteiger partial charge in [0.25, 0.3) is 0 Å². The second-order valence-corrected chi connectivity index (χ2v) is 10.8. The molecule has 0 saturated heterocycles. The fraction of sp³-hybridized carbons (Fsp3) is 0.720. The summed E-state index contributed by atoms with van der Waals surface area (Å²) in [5.41, 5.74) is -4.83. The Balaban J connectivity index is 1.85. The van der Waals surface area contributed by atoms with E-state index >= 15 is 4.39 Å². The Morgan fingerprint density at radius 1 is 1.31 bits per heavy atom. The average molecular weight is 467 g/mol. The summed E-state index contributed by atoms with van der Waals surface area (Å²) in [5.74, 6) is -2.57. The first-order chi connectivity index (χ1) is 14.9. The van der Waals surface area contributed by atoms with Gasteiger partial charge in [0.15, 0.2) is 22.8 Å². The largest absolute Gasteiger partial charge is 0.450 e. The average Bonchev–Trinajstić information content (AvgIpc) is 2.96. The molecule has 0 amide bonds. The fourth-order valence-corrected chi connectivity index (χ4v) is 7.95.